The number of fused-ring (bicyclic) bond motifs is 1. The third-order valence-electron chi connectivity index (χ3n) is 3.69. The Morgan fingerprint density at radius 3 is 2.64 bits per heavy atom. The zero-order chi connectivity index (χ0) is 9.76. The molecule has 0 saturated heterocycles. The number of rotatable bonds is 1. The Bertz CT molecular complexity index is 380. The van der Waals surface area contributed by atoms with Gasteiger partial charge in [-0.15, -0.1) is 0 Å². The van der Waals surface area contributed by atoms with E-state index in [0.29, 0.717) is 5.54 Å². The standard InChI is InChI=1S/C12H16N2/c1-12(4-5-12)14-7-9-2-3-11(13)6-10(9)8-14/h2-3,6H,4-5,7-8,13H2,1H3. The molecule has 2 aliphatic rings. The van der Waals surface area contributed by atoms with Gasteiger partial charge in [-0.25, -0.2) is 0 Å². The topological polar surface area (TPSA) is 29.3 Å². The lowest BCUT2D eigenvalue weighted by Crippen LogP contribution is -2.29. The van der Waals surface area contributed by atoms with E-state index in [0.717, 1.165) is 18.8 Å². The molecule has 3 rings (SSSR count). The maximum atomic E-state index is 5.78. The second kappa shape index (κ2) is 2.51. The molecule has 1 aromatic carbocycles. The number of nitrogens with two attached hydrogens (primary N) is 1. The van der Waals surface area contributed by atoms with Crippen LogP contribution in [0, 0.1) is 0 Å². The predicted octanol–water partition coefficient (Wildman–Crippen LogP) is 2.14. The van der Waals surface area contributed by atoms with Crippen LogP contribution in [0.4, 0.5) is 5.69 Å². The molecule has 1 fully saturated rings. The Morgan fingerprint density at radius 1 is 1.21 bits per heavy atom. The van der Waals surface area contributed by atoms with E-state index in [4.69, 9.17) is 5.73 Å². The number of anilines is 1. The zero-order valence-electron chi connectivity index (χ0n) is 8.59. The average Bonchev–Trinajstić information content (AvgIpc) is 2.77. The fourth-order valence-electron chi connectivity index (χ4n) is 2.29. The van der Waals surface area contributed by atoms with Crippen molar-refractivity contribution in [2.24, 2.45) is 0 Å². The first-order valence-corrected chi connectivity index (χ1v) is 5.30. The molecule has 74 valence electrons. The number of benzene rings is 1. The van der Waals surface area contributed by atoms with Crippen LogP contribution in [0.1, 0.15) is 30.9 Å². The molecule has 1 heterocycles. The van der Waals surface area contributed by atoms with Crippen LogP contribution >= 0.6 is 0 Å². The van der Waals surface area contributed by atoms with Crippen molar-refractivity contribution >= 4 is 5.69 Å². The van der Waals surface area contributed by atoms with Gasteiger partial charge in [0, 0.05) is 24.3 Å². The van der Waals surface area contributed by atoms with Crippen LogP contribution < -0.4 is 5.73 Å². The molecule has 2 nitrogen and oxygen atoms in total. The van der Waals surface area contributed by atoms with Gasteiger partial charge in [0.05, 0.1) is 0 Å². The summed E-state index contributed by atoms with van der Waals surface area (Å²) in [4.78, 5) is 2.58. The Labute approximate surface area is 84.7 Å². The molecule has 1 aromatic rings. The molecule has 0 bridgehead atoms. The minimum Gasteiger partial charge on any atom is -0.399 e. The Kier molecular flexibility index (Phi) is 1.49. The maximum absolute atomic E-state index is 5.78. The van der Waals surface area contributed by atoms with Gasteiger partial charge in [0.1, 0.15) is 0 Å². The summed E-state index contributed by atoms with van der Waals surface area (Å²) in [7, 11) is 0. The van der Waals surface area contributed by atoms with Gasteiger partial charge in [0.15, 0.2) is 0 Å². The summed E-state index contributed by atoms with van der Waals surface area (Å²) in [6, 6.07) is 6.31. The summed E-state index contributed by atoms with van der Waals surface area (Å²) in [5.41, 5.74) is 10.1. The third kappa shape index (κ3) is 1.14. The lowest BCUT2D eigenvalue weighted by atomic mass is 10.1. The van der Waals surface area contributed by atoms with Crippen molar-refractivity contribution < 1.29 is 0 Å². The van der Waals surface area contributed by atoms with Gasteiger partial charge < -0.3 is 5.73 Å². The van der Waals surface area contributed by atoms with Crippen molar-refractivity contribution in [1.29, 1.82) is 0 Å². The van der Waals surface area contributed by atoms with E-state index in [1.165, 1.54) is 24.0 Å². The molecule has 0 radical (unpaired) electrons. The summed E-state index contributed by atoms with van der Waals surface area (Å²) < 4.78 is 0. The van der Waals surface area contributed by atoms with Crippen LogP contribution in [0.2, 0.25) is 0 Å². The van der Waals surface area contributed by atoms with Crippen LogP contribution in [-0.2, 0) is 13.1 Å². The molecule has 2 heteroatoms. The first-order valence-electron chi connectivity index (χ1n) is 5.30. The summed E-state index contributed by atoms with van der Waals surface area (Å²) in [6.07, 6.45) is 2.72. The van der Waals surface area contributed by atoms with Crippen molar-refractivity contribution in [1.82, 2.24) is 4.90 Å². The Morgan fingerprint density at radius 2 is 1.93 bits per heavy atom. The van der Waals surface area contributed by atoms with Gasteiger partial charge in [-0.1, -0.05) is 6.07 Å². The van der Waals surface area contributed by atoms with E-state index in [1.54, 1.807) is 0 Å². The predicted molar refractivity (Wildman–Crippen MR) is 57.7 cm³/mol. The number of nitrogens with zero attached hydrogens (tertiary/aromatic N) is 1. The highest BCUT2D eigenvalue weighted by Gasteiger charge is 2.44. The number of hydrogen-bond donors (Lipinski definition) is 1. The highest BCUT2D eigenvalue weighted by Crippen LogP contribution is 2.45. The highest BCUT2D eigenvalue weighted by atomic mass is 15.2. The van der Waals surface area contributed by atoms with E-state index in [1.807, 2.05) is 6.07 Å². The van der Waals surface area contributed by atoms with Crippen LogP contribution in [0.25, 0.3) is 0 Å². The molecule has 0 unspecified atom stereocenters. The fourth-order valence-corrected chi connectivity index (χ4v) is 2.29. The van der Waals surface area contributed by atoms with Gasteiger partial charge in [-0.2, -0.15) is 0 Å². The quantitative estimate of drug-likeness (QED) is 0.684. The smallest absolute Gasteiger partial charge is 0.0317 e. The van der Waals surface area contributed by atoms with E-state index >= 15 is 0 Å². The van der Waals surface area contributed by atoms with Crippen LogP contribution in [0.5, 0.6) is 0 Å². The SMILES string of the molecule is CC1(N2Cc3ccc(N)cc3C2)CC1. The Balaban J connectivity index is 1.90. The minimum absolute atomic E-state index is 0.494. The van der Waals surface area contributed by atoms with Crippen molar-refractivity contribution in [3.8, 4) is 0 Å². The highest BCUT2D eigenvalue weighted by molar-refractivity contribution is 5.46. The fraction of sp³-hybridized carbons (Fsp3) is 0.500. The average molecular weight is 188 g/mol. The largest absolute Gasteiger partial charge is 0.399 e. The lowest BCUT2D eigenvalue weighted by molar-refractivity contribution is 0.194. The van der Waals surface area contributed by atoms with E-state index in [-0.39, 0.29) is 0 Å². The molecular formula is C12H16N2. The van der Waals surface area contributed by atoms with Gasteiger partial charge >= 0.3 is 0 Å². The molecule has 14 heavy (non-hydrogen) atoms. The molecule has 0 amide bonds. The van der Waals surface area contributed by atoms with E-state index in [2.05, 4.69) is 24.0 Å². The monoisotopic (exact) mass is 188 g/mol. The molecule has 0 atom stereocenters. The molecule has 1 aliphatic heterocycles. The van der Waals surface area contributed by atoms with Crippen LogP contribution in [0.3, 0.4) is 0 Å². The van der Waals surface area contributed by atoms with Crippen molar-refractivity contribution in [2.75, 3.05) is 5.73 Å². The first-order chi connectivity index (χ1) is 6.67. The maximum Gasteiger partial charge on any atom is 0.0317 e. The van der Waals surface area contributed by atoms with Crippen molar-refractivity contribution in [3.05, 3.63) is 29.3 Å². The van der Waals surface area contributed by atoms with Gasteiger partial charge in [0.2, 0.25) is 0 Å². The van der Waals surface area contributed by atoms with Crippen LogP contribution in [-0.4, -0.2) is 10.4 Å². The number of hydrogen-bond acceptors (Lipinski definition) is 2. The summed E-state index contributed by atoms with van der Waals surface area (Å²) in [5, 5.41) is 0. The summed E-state index contributed by atoms with van der Waals surface area (Å²) in [6.45, 7) is 4.57. The summed E-state index contributed by atoms with van der Waals surface area (Å²) in [5.74, 6) is 0. The van der Waals surface area contributed by atoms with Gasteiger partial charge in [0.25, 0.3) is 0 Å². The Hall–Kier alpha value is -1.02. The third-order valence-corrected chi connectivity index (χ3v) is 3.69. The lowest BCUT2D eigenvalue weighted by Gasteiger charge is -2.22. The van der Waals surface area contributed by atoms with Crippen molar-refractivity contribution in [2.45, 2.75) is 38.4 Å². The normalized spacial score (nSPS) is 23.5. The molecule has 0 spiro atoms. The second-order valence-corrected chi connectivity index (χ2v) is 4.88. The molecule has 1 saturated carbocycles. The summed E-state index contributed by atoms with van der Waals surface area (Å²) >= 11 is 0. The van der Waals surface area contributed by atoms with Crippen LogP contribution in [0.15, 0.2) is 18.2 Å². The van der Waals surface area contributed by atoms with Crippen molar-refractivity contribution in [3.63, 3.8) is 0 Å². The number of nitrogen functional groups attached to an aromatic ring is 1. The molecule has 2 N–H and O–H groups in total. The van der Waals surface area contributed by atoms with Gasteiger partial charge in [-0.3, -0.25) is 4.90 Å². The first kappa shape index (κ1) is 8.30. The second-order valence-electron chi connectivity index (χ2n) is 4.88. The molecule has 1 aliphatic carbocycles. The van der Waals surface area contributed by atoms with E-state index in [9.17, 15) is 0 Å². The van der Waals surface area contributed by atoms with E-state index < -0.39 is 0 Å². The zero-order valence-corrected chi connectivity index (χ0v) is 8.59. The minimum atomic E-state index is 0.494. The van der Waals surface area contributed by atoms with Gasteiger partial charge in [-0.05, 0) is 43.0 Å². The molecule has 0 aromatic heterocycles. The molecular weight excluding hydrogens is 172 g/mol.